The van der Waals surface area contributed by atoms with Crippen LogP contribution in [0.2, 0.25) is 0 Å². The minimum absolute atomic E-state index is 0.285. The molecule has 0 saturated heterocycles. The SMILES string of the molecule is CC(C)c1ccc2c(Nc3cc(C#Cc4ccc(Sc5ccc(N(C)C)cc5)c(Nc5ncnc6nc(C(C)C)ccc56)c4)ccc3Sc3ccc(N(C)C)cc3)ncnc2n1. The number of benzene rings is 4. The Labute approximate surface area is 372 Å². The van der Waals surface area contributed by atoms with Gasteiger partial charge in [-0.2, -0.15) is 0 Å². The molecule has 0 aliphatic carbocycles. The minimum atomic E-state index is 0.285. The first-order chi connectivity index (χ1) is 30.0. The summed E-state index contributed by atoms with van der Waals surface area (Å²) in [5.74, 6) is 8.84. The van der Waals surface area contributed by atoms with Gasteiger partial charge < -0.3 is 20.4 Å². The number of fused-ring (bicyclic) bond motifs is 2. The number of pyridine rings is 2. The molecule has 8 rings (SSSR count). The molecule has 10 nitrogen and oxygen atoms in total. The summed E-state index contributed by atoms with van der Waals surface area (Å²) in [6.07, 6.45) is 3.13. The topological polar surface area (TPSA) is 108 Å². The molecule has 0 amide bonds. The molecule has 4 aromatic heterocycles. The van der Waals surface area contributed by atoms with Gasteiger partial charge in [-0.15, -0.1) is 0 Å². The van der Waals surface area contributed by atoms with E-state index in [1.165, 1.54) is 0 Å². The second-order valence-corrected chi connectivity index (χ2v) is 18.1. The normalized spacial score (nSPS) is 11.2. The molecule has 0 aliphatic rings. The van der Waals surface area contributed by atoms with Crippen LogP contribution in [-0.2, 0) is 0 Å². The molecule has 310 valence electrons. The van der Waals surface area contributed by atoms with Crippen molar-refractivity contribution in [3.63, 3.8) is 0 Å². The molecular formula is C50H48N10S2. The molecule has 12 heteroatoms. The summed E-state index contributed by atoms with van der Waals surface area (Å²) in [7, 11) is 8.19. The number of nitrogens with zero attached hydrogens (tertiary/aromatic N) is 8. The van der Waals surface area contributed by atoms with Crippen molar-refractivity contribution in [3.8, 4) is 11.8 Å². The highest BCUT2D eigenvalue weighted by Crippen LogP contribution is 2.39. The fourth-order valence-corrected chi connectivity index (χ4v) is 8.39. The van der Waals surface area contributed by atoms with Crippen LogP contribution in [0.3, 0.4) is 0 Å². The van der Waals surface area contributed by atoms with E-state index in [-0.39, 0.29) is 11.8 Å². The van der Waals surface area contributed by atoms with Crippen molar-refractivity contribution in [2.24, 2.45) is 0 Å². The molecule has 0 radical (unpaired) electrons. The third kappa shape index (κ3) is 9.76. The van der Waals surface area contributed by atoms with Gasteiger partial charge in [0.1, 0.15) is 24.3 Å². The smallest absolute Gasteiger partial charge is 0.164 e. The van der Waals surface area contributed by atoms with Gasteiger partial charge in [0, 0.05) is 81.7 Å². The zero-order chi connectivity index (χ0) is 43.3. The number of hydrogen-bond acceptors (Lipinski definition) is 12. The second-order valence-electron chi connectivity index (χ2n) is 15.9. The number of anilines is 6. The van der Waals surface area contributed by atoms with E-state index in [9.17, 15) is 0 Å². The molecule has 0 bridgehead atoms. The largest absolute Gasteiger partial charge is 0.378 e. The van der Waals surface area contributed by atoms with Crippen molar-refractivity contribution in [2.75, 3.05) is 48.6 Å². The Morgan fingerprint density at radius 3 is 1.26 bits per heavy atom. The van der Waals surface area contributed by atoms with Crippen LogP contribution >= 0.6 is 23.5 Å². The molecule has 2 N–H and O–H groups in total. The molecular weight excluding hydrogens is 805 g/mol. The average Bonchev–Trinajstić information content (AvgIpc) is 3.27. The van der Waals surface area contributed by atoms with Crippen molar-refractivity contribution >= 4 is 80.0 Å². The first-order valence-corrected chi connectivity index (χ1v) is 22.1. The zero-order valence-corrected chi connectivity index (χ0v) is 37.7. The molecule has 0 atom stereocenters. The third-order valence-electron chi connectivity index (χ3n) is 10.2. The van der Waals surface area contributed by atoms with Crippen molar-refractivity contribution in [1.82, 2.24) is 29.9 Å². The van der Waals surface area contributed by atoms with Crippen LogP contribution < -0.4 is 20.4 Å². The standard InChI is InChI=1S/C50H48N10S2/c1-31(2)41-23-21-39-47(55-41)51-29-53-49(39)57-43-27-33(11-25-45(43)61-37-17-13-35(14-18-37)59(5)6)9-10-34-12-26-46(62-38-19-15-36(16-20-38)60(7)8)44(28-34)58-50-40-22-24-42(32(3)4)56-48(40)52-30-54-50/h11-32H,1-8H3,(H,51,53,55,57)(H,52,54,56,58). The molecule has 0 spiro atoms. The van der Waals surface area contributed by atoms with E-state index in [2.05, 4.69) is 165 Å². The highest BCUT2D eigenvalue weighted by Gasteiger charge is 2.15. The summed E-state index contributed by atoms with van der Waals surface area (Å²) < 4.78 is 0. The maximum absolute atomic E-state index is 4.83. The van der Waals surface area contributed by atoms with Gasteiger partial charge in [-0.05, 0) is 121 Å². The van der Waals surface area contributed by atoms with E-state index >= 15 is 0 Å². The lowest BCUT2D eigenvalue weighted by Crippen LogP contribution is -2.07. The van der Waals surface area contributed by atoms with Gasteiger partial charge in [-0.1, -0.05) is 63.1 Å². The van der Waals surface area contributed by atoms with E-state index in [0.717, 1.165) is 75.6 Å². The maximum Gasteiger partial charge on any atom is 0.164 e. The van der Waals surface area contributed by atoms with Crippen molar-refractivity contribution < 1.29 is 0 Å². The van der Waals surface area contributed by atoms with E-state index in [1.54, 1.807) is 36.2 Å². The molecule has 0 aliphatic heterocycles. The minimum Gasteiger partial charge on any atom is -0.378 e. The Hall–Kier alpha value is -6.68. The van der Waals surface area contributed by atoms with Gasteiger partial charge in [0.2, 0.25) is 0 Å². The van der Waals surface area contributed by atoms with Gasteiger partial charge in [0.05, 0.1) is 22.1 Å². The zero-order valence-electron chi connectivity index (χ0n) is 36.1. The Morgan fingerprint density at radius 1 is 0.484 bits per heavy atom. The van der Waals surface area contributed by atoms with Crippen LogP contribution in [0.25, 0.3) is 22.1 Å². The lowest BCUT2D eigenvalue weighted by atomic mass is 10.1. The summed E-state index contributed by atoms with van der Waals surface area (Å²) >= 11 is 3.37. The van der Waals surface area contributed by atoms with Crippen LogP contribution in [0.1, 0.15) is 62.0 Å². The lowest BCUT2D eigenvalue weighted by Gasteiger charge is -2.15. The summed E-state index contributed by atoms with van der Waals surface area (Å²) in [4.78, 5) is 36.5. The first kappa shape index (κ1) is 42.0. The van der Waals surface area contributed by atoms with Gasteiger partial charge in [0.25, 0.3) is 0 Å². The Bertz CT molecular complexity index is 2740. The summed E-state index contributed by atoms with van der Waals surface area (Å²) in [5, 5.41) is 8.96. The fraction of sp³-hybridized carbons (Fsp3) is 0.200. The molecule has 62 heavy (non-hydrogen) atoms. The Balaban J connectivity index is 1.15. The van der Waals surface area contributed by atoms with Gasteiger partial charge in [0.15, 0.2) is 11.3 Å². The fourth-order valence-electron chi connectivity index (χ4n) is 6.62. The lowest BCUT2D eigenvalue weighted by molar-refractivity contribution is 0.827. The monoisotopic (exact) mass is 852 g/mol. The first-order valence-electron chi connectivity index (χ1n) is 20.5. The number of rotatable bonds is 12. The summed E-state index contributed by atoms with van der Waals surface area (Å²) in [6.45, 7) is 8.52. The predicted molar refractivity (Wildman–Crippen MR) is 258 cm³/mol. The molecule has 4 aromatic carbocycles. The van der Waals surface area contributed by atoms with Crippen LogP contribution in [0.15, 0.2) is 141 Å². The van der Waals surface area contributed by atoms with Crippen molar-refractivity contribution in [2.45, 2.75) is 59.1 Å². The van der Waals surface area contributed by atoms with Crippen LogP contribution in [0, 0.1) is 11.8 Å². The summed E-state index contributed by atoms with van der Waals surface area (Å²) in [6, 6.07) is 37.8. The maximum atomic E-state index is 4.83. The van der Waals surface area contributed by atoms with Gasteiger partial charge in [-0.25, -0.2) is 29.9 Å². The number of nitrogens with one attached hydrogen (secondary N) is 2. The molecule has 0 saturated carbocycles. The highest BCUT2D eigenvalue weighted by atomic mass is 32.2. The molecule has 0 unspecified atom stereocenters. The highest BCUT2D eigenvalue weighted by molar-refractivity contribution is 7.99. The van der Waals surface area contributed by atoms with Gasteiger partial charge in [-0.3, -0.25) is 0 Å². The predicted octanol–water partition coefficient (Wildman–Crippen LogP) is 11.9. The molecule has 4 heterocycles. The average molecular weight is 853 g/mol. The van der Waals surface area contributed by atoms with E-state index in [1.807, 2.05) is 52.5 Å². The number of aromatic nitrogens is 6. The van der Waals surface area contributed by atoms with Crippen LogP contribution in [-0.4, -0.2) is 58.1 Å². The summed E-state index contributed by atoms with van der Waals surface area (Å²) in [5.41, 5.74) is 9.03. The van der Waals surface area contributed by atoms with Gasteiger partial charge >= 0.3 is 0 Å². The molecule has 8 aromatic rings. The second kappa shape index (κ2) is 18.5. The van der Waals surface area contributed by atoms with Crippen molar-refractivity contribution in [3.05, 3.63) is 144 Å². The quantitative estimate of drug-likeness (QED) is 0.114. The van der Waals surface area contributed by atoms with E-state index < -0.39 is 0 Å². The molecule has 0 fully saturated rings. The third-order valence-corrected chi connectivity index (χ3v) is 12.4. The van der Waals surface area contributed by atoms with E-state index in [0.29, 0.717) is 22.9 Å². The Morgan fingerprint density at radius 2 is 0.887 bits per heavy atom. The van der Waals surface area contributed by atoms with Crippen LogP contribution in [0.4, 0.5) is 34.4 Å². The Kier molecular flexibility index (Phi) is 12.6. The van der Waals surface area contributed by atoms with E-state index in [4.69, 9.17) is 9.97 Å². The van der Waals surface area contributed by atoms with Crippen molar-refractivity contribution in [1.29, 1.82) is 0 Å². The number of hydrogen-bond donors (Lipinski definition) is 2. The van der Waals surface area contributed by atoms with Crippen LogP contribution in [0.5, 0.6) is 0 Å².